The highest BCUT2D eigenvalue weighted by atomic mass is 32.2. The van der Waals surface area contributed by atoms with E-state index in [1.807, 2.05) is 17.1 Å². The quantitative estimate of drug-likeness (QED) is 0.815. The summed E-state index contributed by atoms with van der Waals surface area (Å²) in [6.45, 7) is 0.958. The molecular formula is C12H18N2O2S2. The first-order chi connectivity index (χ1) is 8.67. The van der Waals surface area contributed by atoms with E-state index >= 15 is 0 Å². The van der Waals surface area contributed by atoms with E-state index in [0.29, 0.717) is 4.75 Å². The number of carbonyl (C=O) groups is 1. The maximum absolute atomic E-state index is 11.1. The summed E-state index contributed by atoms with van der Waals surface area (Å²) in [4.78, 5) is 15.5. The first-order valence-corrected chi connectivity index (χ1v) is 8.08. The van der Waals surface area contributed by atoms with Gasteiger partial charge in [-0.2, -0.15) is 11.8 Å². The van der Waals surface area contributed by atoms with Gasteiger partial charge in [-0.3, -0.25) is 4.79 Å². The van der Waals surface area contributed by atoms with Crippen LogP contribution in [0.3, 0.4) is 0 Å². The molecule has 0 aromatic carbocycles. The van der Waals surface area contributed by atoms with Crippen molar-refractivity contribution >= 4 is 34.2 Å². The number of thioether (sulfide) groups is 1. The van der Waals surface area contributed by atoms with E-state index in [1.165, 1.54) is 26.4 Å². The van der Waals surface area contributed by atoms with Crippen LogP contribution in [0.4, 0.5) is 5.13 Å². The molecule has 1 aromatic heterocycles. The second kappa shape index (κ2) is 5.93. The van der Waals surface area contributed by atoms with Crippen LogP contribution >= 0.6 is 23.1 Å². The van der Waals surface area contributed by atoms with Crippen molar-refractivity contribution in [3.8, 4) is 0 Å². The molecule has 18 heavy (non-hydrogen) atoms. The molecule has 0 spiro atoms. The van der Waals surface area contributed by atoms with Crippen molar-refractivity contribution in [3.63, 3.8) is 0 Å². The Hall–Kier alpha value is -0.750. The number of anilines is 1. The monoisotopic (exact) mass is 286 g/mol. The number of aromatic nitrogens is 1. The normalized spacial score (nSPS) is 17.0. The van der Waals surface area contributed by atoms with E-state index < -0.39 is 0 Å². The average Bonchev–Trinajstić information content (AvgIpc) is 2.76. The molecule has 0 unspecified atom stereocenters. The Morgan fingerprint density at radius 3 is 3.00 bits per heavy atom. The summed E-state index contributed by atoms with van der Waals surface area (Å²) in [7, 11) is 1.40. The number of hydrogen-bond donors (Lipinski definition) is 1. The van der Waals surface area contributed by atoms with E-state index in [9.17, 15) is 4.79 Å². The summed E-state index contributed by atoms with van der Waals surface area (Å²) < 4.78 is 5.02. The molecule has 1 N–H and O–H groups in total. The van der Waals surface area contributed by atoms with Crippen molar-refractivity contribution in [2.45, 2.75) is 30.4 Å². The van der Waals surface area contributed by atoms with Crippen LogP contribution in [-0.2, 0) is 16.0 Å². The minimum Gasteiger partial charge on any atom is -0.469 e. The Kier molecular flexibility index (Phi) is 4.50. The lowest BCUT2D eigenvalue weighted by Gasteiger charge is -2.40. The SMILES string of the molecule is COC(=O)Cc1csc(NCC2(SC)CCC2)n1. The maximum atomic E-state index is 11.1. The van der Waals surface area contributed by atoms with Crippen LogP contribution in [0.15, 0.2) is 5.38 Å². The van der Waals surface area contributed by atoms with Crippen LogP contribution in [0.1, 0.15) is 25.0 Å². The number of carbonyl (C=O) groups excluding carboxylic acids is 1. The molecule has 100 valence electrons. The molecule has 0 bridgehead atoms. The van der Waals surface area contributed by atoms with E-state index in [4.69, 9.17) is 0 Å². The van der Waals surface area contributed by atoms with Crippen LogP contribution in [0, 0.1) is 0 Å². The van der Waals surface area contributed by atoms with Crippen LogP contribution in [-0.4, -0.2) is 35.6 Å². The fourth-order valence-electron chi connectivity index (χ4n) is 1.95. The van der Waals surface area contributed by atoms with Crippen LogP contribution in [0.5, 0.6) is 0 Å². The van der Waals surface area contributed by atoms with E-state index in [1.54, 1.807) is 11.3 Å². The molecule has 1 aliphatic carbocycles. The number of thiazole rings is 1. The topological polar surface area (TPSA) is 51.2 Å². The number of esters is 1. The summed E-state index contributed by atoms with van der Waals surface area (Å²) in [5.41, 5.74) is 0.779. The van der Waals surface area contributed by atoms with Gasteiger partial charge < -0.3 is 10.1 Å². The standard InChI is InChI=1S/C12H18N2O2S2/c1-16-10(15)6-9-7-18-11(14-9)13-8-12(17-2)4-3-5-12/h7H,3-6,8H2,1-2H3,(H,13,14). The summed E-state index contributed by atoms with van der Waals surface area (Å²) in [6.07, 6.45) is 6.31. The van der Waals surface area contributed by atoms with Gasteiger partial charge in [-0.15, -0.1) is 11.3 Å². The third-order valence-electron chi connectivity index (χ3n) is 3.36. The Bertz CT molecular complexity index is 410. The minimum absolute atomic E-state index is 0.244. The van der Waals surface area contributed by atoms with Crippen molar-refractivity contribution in [1.29, 1.82) is 0 Å². The molecule has 6 heteroatoms. The number of hydrogen-bond acceptors (Lipinski definition) is 6. The van der Waals surface area contributed by atoms with Gasteiger partial charge in [-0.05, 0) is 19.1 Å². The van der Waals surface area contributed by atoms with Crippen molar-refractivity contribution in [1.82, 2.24) is 4.98 Å². The van der Waals surface area contributed by atoms with Crippen molar-refractivity contribution in [2.75, 3.05) is 25.2 Å². The fraction of sp³-hybridized carbons (Fsp3) is 0.667. The predicted octanol–water partition coefficient (Wildman–Crippen LogP) is 2.56. The van der Waals surface area contributed by atoms with Gasteiger partial charge in [-0.1, -0.05) is 6.42 Å². The molecule has 0 atom stereocenters. The van der Waals surface area contributed by atoms with Gasteiger partial charge in [0.05, 0.1) is 19.2 Å². The molecule has 0 saturated heterocycles. The van der Waals surface area contributed by atoms with Gasteiger partial charge >= 0.3 is 5.97 Å². The third-order valence-corrected chi connectivity index (χ3v) is 5.63. The minimum atomic E-state index is -0.244. The summed E-state index contributed by atoms with van der Waals surface area (Å²) in [5, 5.41) is 6.19. The van der Waals surface area contributed by atoms with Crippen molar-refractivity contribution < 1.29 is 9.53 Å². The van der Waals surface area contributed by atoms with E-state index in [2.05, 4.69) is 21.3 Å². The van der Waals surface area contributed by atoms with Gasteiger partial charge in [0.2, 0.25) is 0 Å². The summed E-state index contributed by atoms with van der Waals surface area (Å²) >= 11 is 3.49. The lowest BCUT2D eigenvalue weighted by Crippen LogP contribution is -2.40. The fourth-order valence-corrected chi connectivity index (χ4v) is 3.57. The number of ether oxygens (including phenoxy) is 1. The molecule has 4 nitrogen and oxygen atoms in total. The zero-order chi connectivity index (χ0) is 13.0. The molecule has 1 heterocycles. The molecule has 1 fully saturated rings. The first-order valence-electron chi connectivity index (χ1n) is 5.98. The Morgan fingerprint density at radius 1 is 1.67 bits per heavy atom. The lowest BCUT2D eigenvalue weighted by atomic mass is 9.84. The van der Waals surface area contributed by atoms with Gasteiger partial charge in [0.1, 0.15) is 0 Å². The zero-order valence-electron chi connectivity index (χ0n) is 10.7. The number of nitrogens with one attached hydrogen (secondary N) is 1. The predicted molar refractivity (Wildman–Crippen MR) is 76.4 cm³/mol. The smallest absolute Gasteiger partial charge is 0.311 e. The molecule has 1 aliphatic rings. The molecule has 0 amide bonds. The van der Waals surface area contributed by atoms with Crippen molar-refractivity contribution in [2.24, 2.45) is 0 Å². The Morgan fingerprint density at radius 2 is 2.44 bits per heavy atom. The largest absolute Gasteiger partial charge is 0.469 e. The molecule has 2 rings (SSSR count). The van der Waals surface area contributed by atoms with E-state index in [0.717, 1.165) is 17.4 Å². The highest BCUT2D eigenvalue weighted by molar-refractivity contribution is 8.00. The summed E-state index contributed by atoms with van der Waals surface area (Å²) in [6, 6.07) is 0. The number of methoxy groups -OCH3 is 1. The molecule has 1 aromatic rings. The summed E-state index contributed by atoms with van der Waals surface area (Å²) in [5.74, 6) is -0.244. The molecular weight excluding hydrogens is 268 g/mol. The lowest BCUT2D eigenvalue weighted by molar-refractivity contribution is -0.139. The zero-order valence-corrected chi connectivity index (χ0v) is 12.3. The van der Waals surface area contributed by atoms with E-state index in [-0.39, 0.29) is 12.4 Å². The highest BCUT2D eigenvalue weighted by Gasteiger charge is 2.35. The first kappa shape index (κ1) is 13.7. The van der Waals surface area contributed by atoms with Gasteiger partial charge in [0.15, 0.2) is 5.13 Å². The van der Waals surface area contributed by atoms with Crippen LogP contribution in [0.2, 0.25) is 0 Å². The van der Waals surface area contributed by atoms with Crippen LogP contribution in [0.25, 0.3) is 0 Å². The molecule has 0 radical (unpaired) electrons. The van der Waals surface area contributed by atoms with Crippen LogP contribution < -0.4 is 5.32 Å². The number of rotatable bonds is 6. The Labute approximate surface area is 116 Å². The van der Waals surface area contributed by atoms with Gasteiger partial charge in [0.25, 0.3) is 0 Å². The molecule has 1 saturated carbocycles. The third kappa shape index (κ3) is 3.17. The maximum Gasteiger partial charge on any atom is 0.311 e. The van der Waals surface area contributed by atoms with Gasteiger partial charge in [0, 0.05) is 16.7 Å². The average molecular weight is 286 g/mol. The number of nitrogens with zero attached hydrogens (tertiary/aromatic N) is 1. The Balaban J connectivity index is 1.85. The highest BCUT2D eigenvalue weighted by Crippen LogP contribution is 2.42. The van der Waals surface area contributed by atoms with Gasteiger partial charge in [-0.25, -0.2) is 4.98 Å². The second-order valence-corrected chi connectivity index (χ2v) is 6.62. The molecule has 0 aliphatic heterocycles. The second-order valence-electron chi connectivity index (χ2n) is 4.49. The van der Waals surface area contributed by atoms with Crippen molar-refractivity contribution in [3.05, 3.63) is 11.1 Å².